The average Bonchev–Trinajstić information content (AvgIpc) is 2.97. The quantitative estimate of drug-likeness (QED) is 0.701. The van der Waals surface area contributed by atoms with Gasteiger partial charge in [0.2, 0.25) is 12.7 Å². The molecule has 3 aliphatic rings. The fourth-order valence-electron chi connectivity index (χ4n) is 3.13. The van der Waals surface area contributed by atoms with Crippen molar-refractivity contribution in [3.05, 3.63) is 23.3 Å². The second-order valence-corrected chi connectivity index (χ2v) is 5.12. The monoisotopic (exact) mass is 259 g/mol. The molecule has 1 amide bonds. The third kappa shape index (κ3) is 1.47. The normalized spacial score (nSPS) is 24.2. The van der Waals surface area contributed by atoms with Crippen LogP contribution in [0.1, 0.15) is 28.8 Å². The zero-order valence-electron chi connectivity index (χ0n) is 10.3. The first-order chi connectivity index (χ1) is 9.24. The number of rotatable bonds is 0. The standard InChI is InChI=1S/C14H13NO4/c16-13-2-1-10-14(17)9-6-12-11(18-7-19-12)5-8(9)3-4-15(10)13/h5-6,10H,1-4,7H2. The largest absolute Gasteiger partial charge is 0.454 e. The van der Waals surface area contributed by atoms with Gasteiger partial charge in [0.1, 0.15) is 0 Å². The van der Waals surface area contributed by atoms with Crippen LogP contribution in [-0.4, -0.2) is 36.0 Å². The molecule has 0 bridgehead atoms. The molecule has 98 valence electrons. The maximum Gasteiger partial charge on any atom is 0.231 e. The molecule has 0 N–H and O–H groups in total. The van der Waals surface area contributed by atoms with Gasteiger partial charge in [-0.15, -0.1) is 0 Å². The Morgan fingerprint density at radius 1 is 1.11 bits per heavy atom. The van der Waals surface area contributed by atoms with Gasteiger partial charge in [0.05, 0.1) is 6.04 Å². The SMILES string of the molecule is O=C1c2cc3c(cc2CCN2C(=O)CCC12)OCO3. The minimum absolute atomic E-state index is 0.0386. The van der Waals surface area contributed by atoms with Gasteiger partial charge < -0.3 is 14.4 Å². The summed E-state index contributed by atoms with van der Waals surface area (Å²) in [4.78, 5) is 26.1. The zero-order valence-corrected chi connectivity index (χ0v) is 10.3. The molecule has 0 aliphatic carbocycles. The van der Waals surface area contributed by atoms with Crippen LogP contribution < -0.4 is 9.47 Å². The molecule has 3 aliphatic heterocycles. The molecule has 0 radical (unpaired) electrons. The fourth-order valence-corrected chi connectivity index (χ4v) is 3.13. The Kier molecular flexibility index (Phi) is 2.13. The lowest BCUT2D eigenvalue weighted by Crippen LogP contribution is -2.37. The van der Waals surface area contributed by atoms with E-state index in [0.29, 0.717) is 42.9 Å². The van der Waals surface area contributed by atoms with Crippen LogP contribution >= 0.6 is 0 Å². The van der Waals surface area contributed by atoms with Gasteiger partial charge in [0.15, 0.2) is 17.3 Å². The lowest BCUT2D eigenvalue weighted by atomic mass is 9.97. The van der Waals surface area contributed by atoms with Crippen molar-refractivity contribution in [3.63, 3.8) is 0 Å². The van der Waals surface area contributed by atoms with Gasteiger partial charge in [0, 0.05) is 18.5 Å². The summed E-state index contributed by atoms with van der Waals surface area (Å²) in [5.41, 5.74) is 1.64. The number of ether oxygens (including phenoxy) is 2. The molecular weight excluding hydrogens is 246 g/mol. The van der Waals surface area contributed by atoms with Gasteiger partial charge in [-0.25, -0.2) is 0 Å². The van der Waals surface area contributed by atoms with Crippen LogP contribution in [0, 0.1) is 0 Å². The number of Topliss-reactive ketones (excluding diaryl/α,β-unsaturated/α-hetero) is 1. The van der Waals surface area contributed by atoms with Crippen LogP contribution in [0.5, 0.6) is 11.5 Å². The fraction of sp³-hybridized carbons (Fsp3) is 0.429. The van der Waals surface area contributed by atoms with E-state index in [0.717, 1.165) is 5.56 Å². The van der Waals surface area contributed by atoms with E-state index in [1.165, 1.54) is 0 Å². The molecule has 1 atom stereocenters. The minimum atomic E-state index is -0.283. The van der Waals surface area contributed by atoms with Crippen molar-refractivity contribution in [2.75, 3.05) is 13.3 Å². The Balaban J connectivity index is 1.81. The molecule has 1 aromatic rings. The van der Waals surface area contributed by atoms with E-state index in [4.69, 9.17) is 9.47 Å². The van der Waals surface area contributed by atoms with E-state index >= 15 is 0 Å². The molecule has 5 nitrogen and oxygen atoms in total. The van der Waals surface area contributed by atoms with E-state index in [-0.39, 0.29) is 24.5 Å². The van der Waals surface area contributed by atoms with Crippen molar-refractivity contribution in [2.45, 2.75) is 25.3 Å². The molecule has 19 heavy (non-hydrogen) atoms. The molecule has 5 heteroatoms. The molecule has 3 heterocycles. The maximum atomic E-state index is 12.6. The van der Waals surface area contributed by atoms with E-state index in [1.807, 2.05) is 6.07 Å². The van der Waals surface area contributed by atoms with Gasteiger partial charge in [-0.2, -0.15) is 0 Å². The van der Waals surface area contributed by atoms with Crippen molar-refractivity contribution >= 4 is 11.7 Å². The molecule has 1 saturated heterocycles. The summed E-state index contributed by atoms with van der Waals surface area (Å²) in [5, 5.41) is 0. The summed E-state index contributed by atoms with van der Waals surface area (Å²) >= 11 is 0. The highest BCUT2D eigenvalue weighted by molar-refractivity contribution is 6.05. The summed E-state index contributed by atoms with van der Waals surface area (Å²) in [7, 11) is 0. The number of nitrogens with zero attached hydrogens (tertiary/aromatic N) is 1. The minimum Gasteiger partial charge on any atom is -0.454 e. The number of carbonyl (C=O) groups excluding carboxylic acids is 2. The molecule has 1 fully saturated rings. The van der Waals surface area contributed by atoms with Gasteiger partial charge in [-0.05, 0) is 30.5 Å². The number of amides is 1. The molecule has 4 rings (SSSR count). The Morgan fingerprint density at radius 3 is 2.74 bits per heavy atom. The molecule has 0 saturated carbocycles. The van der Waals surface area contributed by atoms with Crippen LogP contribution in [0.25, 0.3) is 0 Å². The molecular formula is C14H13NO4. The average molecular weight is 259 g/mol. The number of benzene rings is 1. The smallest absolute Gasteiger partial charge is 0.231 e. The molecule has 0 spiro atoms. The third-order valence-corrected chi connectivity index (χ3v) is 4.12. The number of fused-ring (bicyclic) bond motifs is 3. The van der Waals surface area contributed by atoms with Crippen molar-refractivity contribution < 1.29 is 19.1 Å². The number of hydrogen-bond acceptors (Lipinski definition) is 4. The van der Waals surface area contributed by atoms with Crippen molar-refractivity contribution in [3.8, 4) is 11.5 Å². The Hall–Kier alpha value is -2.04. The van der Waals surface area contributed by atoms with Crippen LogP contribution in [0.15, 0.2) is 12.1 Å². The highest BCUT2D eigenvalue weighted by Crippen LogP contribution is 2.37. The van der Waals surface area contributed by atoms with Gasteiger partial charge >= 0.3 is 0 Å². The van der Waals surface area contributed by atoms with Gasteiger partial charge in [-0.1, -0.05) is 0 Å². The predicted octanol–water partition coefficient (Wildman–Crippen LogP) is 1.15. The second-order valence-electron chi connectivity index (χ2n) is 5.12. The van der Waals surface area contributed by atoms with Crippen molar-refractivity contribution in [2.24, 2.45) is 0 Å². The first-order valence-electron chi connectivity index (χ1n) is 6.50. The van der Waals surface area contributed by atoms with Crippen LogP contribution in [0.3, 0.4) is 0 Å². The first-order valence-corrected chi connectivity index (χ1v) is 6.50. The molecule has 1 aromatic carbocycles. The highest BCUT2D eigenvalue weighted by atomic mass is 16.7. The number of hydrogen-bond donors (Lipinski definition) is 0. The van der Waals surface area contributed by atoms with Crippen LogP contribution in [0.2, 0.25) is 0 Å². The lowest BCUT2D eigenvalue weighted by molar-refractivity contribution is -0.128. The molecule has 1 unspecified atom stereocenters. The second kappa shape index (κ2) is 3.73. The van der Waals surface area contributed by atoms with Gasteiger partial charge in [-0.3, -0.25) is 9.59 Å². The van der Waals surface area contributed by atoms with E-state index in [1.54, 1.807) is 11.0 Å². The summed E-state index contributed by atoms with van der Waals surface area (Å²) < 4.78 is 10.7. The Morgan fingerprint density at radius 2 is 1.89 bits per heavy atom. The Bertz CT molecular complexity index is 595. The highest BCUT2D eigenvalue weighted by Gasteiger charge is 2.39. The number of ketones is 1. The van der Waals surface area contributed by atoms with Crippen LogP contribution in [-0.2, 0) is 11.2 Å². The van der Waals surface area contributed by atoms with Crippen molar-refractivity contribution in [1.82, 2.24) is 4.90 Å². The van der Waals surface area contributed by atoms with E-state index in [9.17, 15) is 9.59 Å². The first kappa shape index (κ1) is 10.8. The summed E-state index contributed by atoms with van der Waals surface area (Å²) in [6.45, 7) is 0.822. The maximum absolute atomic E-state index is 12.6. The summed E-state index contributed by atoms with van der Waals surface area (Å²) in [5.74, 6) is 1.45. The topological polar surface area (TPSA) is 55.8 Å². The zero-order chi connectivity index (χ0) is 13.0. The summed E-state index contributed by atoms with van der Waals surface area (Å²) in [6, 6.07) is 3.36. The van der Waals surface area contributed by atoms with Crippen LogP contribution in [0.4, 0.5) is 0 Å². The molecule has 0 aromatic heterocycles. The Labute approximate surface area is 110 Å². The lowest BCUT2D eigenvalue weighted by Gasteiger charge is -2.20. The van der Waals surface area contributed by atoms with E-state index < -0.39 is 0 Å². The summed E-state index contributed by atoms with van der Waals surface area (Å²) in [6.07, 6.45) is 1.81. The van der Waals surface area contributed by atoms with E-state index in [2.05, 4.69) is 0 Å². The predicted molar refractivity (Wildman–Crippen MR) is 65.3 cm³/mol. The third-order valence-electron chi connectivity index (χ3n) is 4.12. The van der Waals surface area contributed by atoms with Gasteiger partial charge in [0.25, 0.3) is 0 Å². The van der Waals surface area contributed by atoms with Crippen molar-refractivity contribution in [1.29, 1.82) is 0 Å². The number of carbonyl (C=O) groups is 2.